The molecule has 0 aromatic carbocycles. The highest BCUT2D eigenvalue weighted by molar-refractivity contribution is 6.32. The van der Waals surface area contributed by atoms with Gasteiger partial charge in [0.05, 0.1) is 41.7 Å². The third kappa shape index (κ3) is 3.83. The second-order valence-corrected chi connectivity index (χ2v) is 9.88. The number of aliphatic hydroxyl groups is 3. The van der Waals surface area contributed by atoms with Crippen LogP contribution in [0.1, 0.15) is 12.6 Å². The number of nitrogens with one attached hydrogen (secondary N) is 1. The van der Waals surface area contributed by atoms with Crippen LogP contribution >= 0.6 is 11.6 Å². The Hall–Kier alpha value is -2.05. The molecule has 4 aliphatic rings. The molecule has 3 aliphatic heterocycles. The van der Waals surface area contributed by atoms with Crippen molar-refractivity contribution in [2.24, 2.45) is 5.92 Å². The van der Waals surface area contributed by atoms with Crippen LogP contribution in [0.5, 0.6) is 6.01 Å². The van der Waals surface area contributed by atoms with Gasteiger partial charge in [0.15, 0.2) is 11.8 Å². The maximum Gasteiger partial charge on any atom is 0.296 e. The molecule has 0 amide bonds. The number of pyridine rings is 1. The predicted octanol–water partition coefficient (Wildman–Crippen LogP) is 0.512. The Morgan fingerprint density at radius 2 is 1.85 bits per heavy atom. The van der Waals surface area contributed by atoms with Crippen molar-refractivity contribution >= 4 is 28.3 Å². The molecule has 34 heavy (non-hydrogen) atoms. The van der Waals surface area contributed by atoms with Crippen molar-refractivity contribution in [3.8, 4) is 6.01 Å². The Labute approximate surface area is 200 Å². The molecule has 0 bridgehead atoms. The maximum absolute atomic E-state index is 9.91. The number of nitrogens with zero attached hydrogens (tertiary/aromatic N) is 3. The lowest BCUT2D eigenvalue weighted by atomic mass is 9.90. The molecule has 182 valence electrons. The molecule has 0 radical (unpaired) electrons. The average molecular weight is 491 g/mol. The van der Waals surface area contributed by atoms with Gasteiger partial charge in [-0.25, -0.2) is 4.98 Å². The number of aliphatic hydroxyl groups excluding tert-OH is 3. The van der Waals surface area contributed by atoms with E-state index in [0.29, 0.717) is 47.6 Å². The topological polar surface area (TPSA) is 133 Å². The summed E-state index contributed by atoms with van der Waals surface area (Å²) in [7, 11) is 0. The number of aromatic amines is 1. The first-order valence-electron chi connectivity index (χ1n) is 11.5. The summed E-state index contributed by atoms with van der Waals surface area (Å²) in [4.78, 5) is 14.4. The average Bonchev–Trinajstić information content (AvgIpc) is 3.55. The first kappa shape index (κ1) is 22.4. The van der Waals surface area contributed by atoms with Crippen molar-refractivity contribution in [1.29, 1.82) is 0 Å². The molecule has 6 rings (SSSR count). The molecule has 5 heterocycles. The lowest BCUT2D eigenvalue weighted by Gasteiger charge is -2.31. The van der Waals surface area contributed by atoms with Crippen molar-refractivity contribution in [2.75, 3.05) is 26.3 Å². The summed E-state index contributed by atoms with van der Waals surface area (Å²) in [6, 6.07) is 2.15. The zero-order valence-electron chi connectivity index (χ0n) is 18.5. The fourth-order valence-corrected chi connectivity index (χ4v) is 5.57. The Balaban J connectivity index is 1.21. The zero-order valence-corrected chi connectivity index (χ0v) is 19.3. The fourth-order valence-electron chi connectivity index (χ4n) is 5.31. The van der Waals surface area contributed by atoms with Crippen LogP contribution in [0.15, 0.2) is 24.3 Å². The van der Waals surface area contributed by atoms with E-state index in [9.17, 15) is 15.3 Å². The number of aromatic nitrogens is 3. The van der Waals surface area contributed by atoms with Crippen LogP contribution in [0.3, 0.4) is 0 Å². The molecule has 4 N–H and O–H groups in total. The van der Waals surface area contributed by atoms with Gasteiger partial charge in [-0.1, -0.05) is 36.8 Å². The van der Waals surface area contributed by atoms with Gasteiger partial charge in [-0.3, -0.25) is 4.90 Å². The largest absolute Gasteiger partial charge is 0.456 e. The third-order valence-corrected chi connectivity index (χ3v) is 7.37. The van der Waals surface area contributed by atoms with Crippen molar-refractivity contribution in [1.82, 2.24) is 19.9 Å². The smallest absolute Gasteiger partial charge is 0.296 e. The number of imidazole rings is 1. The molecular weight excluding hydrogens is 464 g/mol. The van der Waals surface area contributed by atoms with Gasteiger partial charge in [-0.05, 0) is 17.6 Å². The van der Waals surface area contributed by atoms with Gasteiger partial charge in [0.2, 0.25) is 0 Å². The van der Waals surface area contributed by atoms with E-state index in [-0.39, 0.29) is 36.9 Å². The molecule has 2 aromatic rings. The fraction of sp³-hybridized carbons (Fsp3) is 0.565. The number of allylic oxidation sites excluding steroid dienone is 2. The Morgan fingerprint density at radius 1 is 1.09 bits per heavy atom. The predicted molar refractivity (Wildman–Crippen MR) is 122 cm³/mol. The Morgan fingerprint density at radius 3 is 2.62 bits per heavy atom. The number of rotatable bonds is 4. The summed E-state index contributed by atoms with van der Waals surface area (Å²) >= 11 is 6.58. The number of fused-ring (bicyclic) bond motifs is 2. The first-order valence-corrected chi connectivity index (χ1v) is 11.9. The molecule has 4 unspecified atom stereocenters. The second-order valence-electron chi connectivity index (χ2n) is 9.47. The van der Waals surface area contributed by atoms with Crippen molar-refractivity contribution in [3.05, 3.63) is 35.0 Å². The van der Waals surface area contributed by atoms with Crippen LogP contribution in [-0.4, -0.2) is 104 Å². The van der Waals surface area contributed by atoms with Gasteiger partial charge in [0.25, 0.3) is 6.01 Å². The third-order valence-electron chi connectivity index (χ3n) is 7.09. The minimum atomic E-state index is -0.715. The number of likely N-dealkylation sites (tertiary alicyclic amines) is 1. The number of H-pyrrole nitrogens is 1. The molecule has 0 spiro atoms. The highest BCUT2D eigenvalue weighted by Gasteiger charge is 2.48. The minimum absolute atomic E-state index is 0.0808. The first-order chi connectivity index (χ1) is 16.4. The molecule has 3 saturated heterocycles. The summed E-state index contributed by atoms with van der Waals surface area (Å²) in [5.74, 6) is 0.140. The van der Waals surface area contributed by atoms with Crippen LogP contribution in [0.4, 0.5) is 0 Å². The molecule has 0 saturated carbocycles. The van der Waals surface area contributed by atoms with E-state index >= 15 is 0 Å². The van der Waals surface area contributed by atoms with Crippen LogP contribution in [-0.2, 0) is 9.47 Å². The van der Waals surface area contributed by atoms with Crippen molar-refractivity contribution in [3.63, 3.8) is 0 Å². The molecule has 10 nitrogen and oxygen atoms in total. The normalized spacial score (nSPS) is 38.0. The van der Waals surface area contributed by atoms with Gasteiger partial charge < -0.3 is 34.5 Å². The molecule has 8 atom stereocenters. The maximum atomic E-state index is 9.91. The van der Waals surface area contributed by atoms with E-state index in [1.807, 2.05) is 6.08 Å². The number of hydrogen-bond acceptors (Lipinski definition) is 9. The summed E-state index contributed by atoms with van der Waals surface area (Å²) in [6.45, 7) is 3.53. The molecular formula is C23H27ClN4O6. The molecule has 11 heteroatoms. The van der Waals surface area contributed by atoms with Gasteiger partial charge in [0, 0.05) is 19.1 Å². The summed E-state index contributed by atoms with van der Waals surface area (Å²) < 4.78 is 17.2. The monoisotopic (exact) mass is 490 g/mol. The summed E-state index contributed by atoms with van der Waals surface area (Å²) in [5, 5.41) is 30.2. The number of β-amino-alcohol motifs (C(OH)–C–C–N with tert-alkyl or cyclic N) is 2. The quantitative estimate of drug-likeness (QED) is 0.483. The van der Waals surface area contributed by atoms with E-state index in [2.05, 4.69) is 38.9 Å². The van der Waals surface area contributed by atoms with E-state index < -0.39 is 18.3 Å². The molecule has 3 fully saturated rings. The second kappa shape index (κ2) is 8.56. The number of ether oxygens (including phenoxy) is 3. The van der Waals surface area contributed by atoms with Gasteiger partial charge in [-0.2, -0.15) is 4.98 Å². The SMILES string of the molecule is CC1C=C(c2nc3nc(O[C@@H]4COC5C4OC[C@H]5O)[nH]c3cc2Cl)C=CC1N1C[C@@H](O)[C@@H](O)C1. The Kier molecular flexibility index (Phi) is 5.64. The highest BCUT2D eigenvalue weighted by atomic mass is 35.5. The Bertz CT molecular complexity index is 1140. The summed E-state index contributed by atoms with van der Waals surface area (Å²) in [6.07, 6.45) is 2.99. The van der Waals surface area contributed by atoms with E-state index in [1.54, 1.807) is 6.07 Å². The molecule has 2 aromatic heterocycles. The summed E-state index contributed by atoms with van der Waals surface area (Å²) in [5.41, 5.74) is 2.65. The van der Waals surface area contributed by atoms with E-state index in [1.165, 1.54) is 0 Å². The van der Waals surface area contributed by atoms with Crippen molar-refractivity contribution < 1.29 is 29.5 Å². The highest BCUT2D eigenvalue weighted by Crippen LogP contribution is 2.34. The lowest BCUT2D eigenvalue weighted by Crippen LogP contribution is -2.38. The van der Waals surface area contributed by atoms with Gasteiger partial charge in [-0.15, -0.1) is 0 Å². The zero-order chi connectivity index (χ0) is 23.6. The van der Waals surface area contributed by atoms with E-state index in [4.69, 9.17) is 25.8 Å². The number of hydrogen-bond donors (Lipinski definition) is 4. The van der Waals surface area contributed by atoms with E-state index in [0.717, 1.165) is 5.57 Å². The van der Waals surface area contributed by atoms with Crippen molar-refractivity contribution in [2.45, 2.75) is 49.6 Å². The van der Waals surface area contributed by atoms with Gasteiger partial charge in [0.1, 0.15) is 18.3 Å². The van der Waals surface area contributed by atoms with Gasteiger partial charge >= 0.3 is 0 Å². The lowest BCUT2D eigenvalue weighted by molar-refractivity contribution is 0.00706. The minimum Gasteiger partial charge on any atom is -0.456 e. The molecule has 1 aliphatic carbocycles. The van der Waals surface area contributed by atoms with Crippen LogP contribution < -0.4 is 4.74 Å². The van der Waals surface area contributed by atoms with Crippen LogP contribution in [0.2, 0.25) is 5.02 Å². The van der Waals surface area contributed by atoms with Crippen LogP contribution in [0.25, 0.3) is 16.7 Å². The standard InChI is InChI=1S/C23H27ClN4O6/c1-10-4-11(2-3-14(10)28-6-15(29)16(30)7-28)19-12(24)5-13-22(26-19)27-23(25-13)34-18-9-33-20-17(31)8-32-21(18)20/h2-5,10,14-18,20-21,29-31H,6-9H2,1H3,(H,25,26,27)/t10?,14?,15-,16+,17-,18-,20?,21?/m1/s1. The van der Waals surface area contributed by atoms with Crippen LogP contribution in [0, 0.1) is 5.92 Å². The number of halogens is 1.